The number of ether oxygens (including phenoxy) is 1. The summed E-state index contributed by atoms with van der Waals surface area (Å²) in [6.07, 6.45) is -1.39. The molecule has 0 fully saturated rings. The molecule has 0 unspecified atom stereocenters. The van der Waals surface area contributed by atoms with E-state index in [9.17, 15) is 4.79 Å². The summed E-state index contributed by atoms with van der Waals surface area (Å²) in [7, 11) is 0. The van der Waals surface area contributed by atoms with E-state index in [4.69, 9.17) is 9.52 Å². The summed E-state index contributed by atoms with van der Waals surface area (Å²) >= 11 is 3.28. The van der Waals surface area contributed by atoms with Gasteiger partial charge in [-0.2, -0.15) is 0 Å². The van der Waals surface area contributed by atoms with Crippen molar-refractivity contribution in [2.75, 3.05) is 0 Å². The molecule has 0 aliphatic heterocycles. The number of furan rings is 1. The first-order chi connectivity index (χ1) is 6.65. The van der Waals surface area contributed by atoms with Crippen LogP contribution in [-0.4, -0.2) is 11.3 Å². The van der Waals surface area contributed by atoms with Crippen molar-refractivity contribution in [1.29, 1.82) is 0 Å². The van der Waals surface area contributed by atoms with Gasteiger partial charge >= 0.3 is 6.16 Å². The minimum Gasteiger partial charge on any atom is -0.449 e. The lowest BCUT2D eigenvalue weighted by molar-refractivity contribution is 0.134. The summed E-state index contributed by atoms with van der Waals surface area (Å²) in [4.78, 5) is 10.2. The highest BCUT2D eigenvalue weighted by Gasteiger charge is 2.08. The summed E-state index contributed by atoms with van der Waals surface area (Å²) in [5, 5.41) is 9.15. The second kappa shape index (κ2) is 3.34. The fourth-order valence-corrected chi connectivity index (χ4v) is 1.46. The van der Waals surface area contributed by atoms with Gasteiger partial charge in [0.1, 0.15) is 5.58 Å². The van der Waals surface area contributed by atoms with E-state index in [1.165, 1.54) is 6.07 Å². The van der Waals surface area contributed by atoms with Crippen molar-refractivity contribution in [2.24, 2.45) is 0 Å². The molecular weight excluding hydrogens is 252 g/mol. The van der Waals surface area contributed by atoms with Gasteiger partial charge in [0.05, 0.1) is 0 Å². The first-order valence-electron chi connectivity index (χ1n) is 3.75. The maximum Gasteiger partial charge on any atom is 0.513 e. The van der Waals surface area contributed by atoms with Crippen molar-refractivity contribution in [3.05, 3.63) is 28.7 Å². The summed E-state index contributed by atoms with van der Waals surface area (Å²) in [5.41, 5.74) is 0.579. The molecule has 5 heteroatoms. The predicted molar refractivity (Wildman–Crippen MR) is 52.6 cm³/mol. The van der Waals surface area contributed by atoms with E-state index in [0.717, 1.165) is 9.86 Å². The highest BCUT2D eigenvalue weighted by molar-refractivity contribution is 9.10. The number of carboxylic acid groups (broad SMARTS) is 1. The molecule has 0 saturated heterocycles. The Morgan fingerprint density at radius 2 is 2.21 bits per heavy atom. The third-order valence-corrected chi connectivity index (χ3v) is 2.14. The number of rotatable bonds is 1. The third-order valence-electron chi connectivity index (χ3n) is 1.65. The lowest BCUT2D eigenvalue weighted by Gasteiger charge is -1.90. The molecule has 0 saturated carbocycles. The SMILES string of the molecule is O=C(O)Oc1cc2ccc(Br)cc2o1. The molecule has 0 amide bonds. The number of hydrogen-bond acceptors (Lipinski definition) is 3. The van der Waals surface area contributed by atoms with Gasteiger partial charge in [0.2, 0.25) is 0 Å². The van der Waals surface area contributed by atoms with Crippen LogP contribution in [0, 0.1) is 0 Å². The Hall–Kier alpha value is -1.49. The van der Waals surface area contributed by atoms with Crippen LogP contribution in [0.1, 0.15) is 0 Å². The fourth-order valence-electron chi connectivity index (χ4n) is 1.12. The van der Waals surface area contributed by atoms with Gasteiger partial charge in [0.15, 0.2) is 0 Å². The number of fused-ring (bicyclic) bond motifs is 1. The van der Waals surface area contributed by atoms with Gasteiger partial charge in [-0.3, -0.25) is 0 Å². The molecule has 1 aromatic carbocycles. The molecule has 72 valence electrons. The van der Waals surface area contributed by atoms with E-state index in [1.807, 2.05) is 6.07 Å². The van der Waals surface area contributed by atoms with Crippen LogP contribution >= 0.6 is 15.9 Å². The van der Waals surface area contributed by atoms with E-state index >= 15 is 0 Å². The van der Waals surface area contributed by atoms with E-state index in [1.54, 1.807) is 12.1 Å². The number of carbonyl (C=O) groups is 1. The molecule has 2 rings (SSSR count). The lowest BCUT2D eigenvalue weighted by atomic mass is 10.3. The zero-order chi connectivity index (χ0) is 10.1. The van der Waals surface area contributed by atoms with Gasteiger partial charge in [-0.05, 0) is 18.2 Å². The zero-order valence-electron chi connectivity index (χ0n) is 6.86. The van der Waals surface area contributed by atoms with E-state index in [0.29, 0.717) is 5.58 Å². The highest BCUT2D eigenvalue weighted by Crippen LogP contribution is 2.27. The molecule has 0 aliphatic carbocycles. The smallest absolute Gasteiger partial charge is 0.449 e. The maximum atomic E-state index is 10.2. The molecule has 2 aromatic rings. The minimum atomic E-state index is -1.39. The Labute approximate surface area is 87.2 Å². The fraction of sp³-hybridized carbons (Fsp3) is 0. The average Bonchev–Trinajstić information content (AvgIpc) is 2.44. The number of halogens is 1. The molecule has 1 heterocycles. The van der Waals surface area contributed by atoms with Gasteiger partial charge in [0.25, 0.3) is 5.95 Å². The van der Waals surface area contributed by atoms with Crippen LogP contribution in [0.2, 0.25) is 0 Å². The van der Waals surface area contributed by atoms with Crippen LogP contribution in [0.15, 0.2) is 33.2 Å². The topological polar surface area (TPSA) is 59.7 Å². The van der Waals surface area contributed by atoms with Gasteiger partial charge in [-0.15, -0.1) is 0 Å². The molecule has 1 N–H and O–H groups in total. The van der Waals surface area contributed by atoms with Gasteiger partial charge in [0, 0.05) is 15.9 Å². The first-order valence-corrected chi connectivity index (χ1v) is 4.54. The van der Waals surface area contributed by atoms with Crippen LogP contribution < -0.4 is 4.74 Å². The average molecular weight is 257 g/mol. The first kappa shape index (κ1) is 9.08. The summed E-state index contributed by atoms with van der Waals surface area (Å²) in [5.74, 6) is -0.0226. The van der Waals surface area contributed by atoms with Crippen molar-refractivity contribution >= 4 is 33.1 Å². The molecule has 14 heavy (non-hydrogen) atoms. The molecule has 0 spiro atoms. The van der Waals surface area contributed by atoms with Crippen LogP contribution in [0.5, 0.6) is 5.95 Å². The molecule has 1 aromatic heterocycles. The Bertz CT molecular complexity index is 489. The molecular formula is C9H5BrO4. The van der Waals surface area contributed by atoms with Crippen molar-refractivity contribution in [1.82, 2.24) is 0 Å². The molecule has 4 nitrogen and oxygen atoms in total. The summed E-state index contributed by atoms with van der Waals surface area (Å²) in [6.45, 7) is 0. The number of benzene rings is 1. The third kappa shape index (κ3) is 1.72. The Kier molecular flexibility index (Phi) is 2.17. The van der Waals surface area contributed by atoms with Crippen LogP contribution in [0.3, 0.4) is 0 Å². The lowest BCUT2D eigenvalue weighted by Crippen LogP contribution is -2.01. The van der Waals surface area contributed by atoms with Crippen molar-refractivity contribution < 1.29 is 19.1 Å². The normalized spacial score (nSPS) is 10.4. The Morgan fingerprint density at radius 3 is 2.93 bits per heavy atom. The van der Waals surface area contributed by atoms with Gasteiger partial charge in [-0.1, -0.05) is 15.9 Å². The largest absolute Gasteiger partial charge is 0.513 e. The zero-order valence-corrected chi connectivity index (χ0v) is 8.45. The summed E-state index contributed by atoms with van der Waals surface area (Å²) < 4.78 is 10.4. The van der Waals surface area contributed by atoms with E-state index < -0.39 is 6.16 Å². The number of hydrogen-bond donors (Lipinski definition) is 1. The second-order valence-electron chi connectivity index (χ2n) is 2.62. The summed E-state index contributed by atoms with van der Waals surface area (Å²) in [6, 6.07) is 6.90. The Balaban J connectivity index is 2.46. The van der Waals surface area contributed by atoms with Crippen LogP contribution in [0.25, 0.3) is 11.0 Å². The Morgan fingerprint density at radius 1 is 1.43 bits per heavy atom. The molecule has 0 atom stereocenters. The van der Waals surface area contributed by atoms with Crippen LogP contribution in [0.4, 0.5) is 4.79 Å². The van der Waals surface area contributed by atoms with E-state index in [2.05, 4.69) is 20.7 Å². The molecule has 0 aliphatic rings. The minimum absolute atomic E-state index is 0.0226. The monoisotopic (exact) mass is 256 g/mol. The van der Waals surface area contributed by atoms with Crippen molar-refractivity contribution in [2.45, 2.75) is 0 Å². The predicted octanol–water partition coefficient (Wildman–Crippen LogP) is 3.25. The quantitative estimate of drug-likeness (QED) is 0.796. The van der Waals surface area contributed by atoms with Crippen LogP contribution in [-0.2, 0) is 0 Å². The van der Waals surface area contributed by atoms with E-state index in [-0.39, 0.29) is 5.95 Å². The van der Waals surface area contributed by atoms with Crippen molar-refractivity contribution in [3.63, 3.8) is 0 Å². The highest BCUT2D eigenvalue weighted by atomic mass is 79.9. The maximum absolute atomic E-state index is 10.2. The van der Waals surface area contributed by atoms with Gasteiger partial charge < -0.3 is 14.3 Å². The standard InChI is InChI=1S/C9H5BrO4/c10-6-2-1-5-3-8(14-9(11)12)13-7(5)4-6/h1-4H,(H,11,12). The molecule has 0 bridgehead atoms. The molecule has 0 radical (unpaired) electrons. The van der Waals surface area contributed by atoms with Crippen molar-refractivity contribution in [3.8, 4) is 5.95 Å². The second-order valence-corrected chi connectivity index (χ2v) is 3.53. The van der Waals surface area contributed by atoms with Gasteiger partial charge in [-0.25, -0.2) is 4.79 Å².